The molecular formula is C10H10N2O. The zero-order valence-electron chi connectivity index (χ0n) is 7.28. The number of nitrogens with one attached hydrogen (secondary N) is 1. The number of rotatable bonds is 1. The standard InChI is InChI=1S/C10H10N2O/c1-11-10-8(13)5-4-7-3-2-6-12-9(7)10/h2-6,11,13H,1H3. The van der Waals surface area contributed by atoms with Crippen LogP contribution in [-0.4, -0.2) is 17.1 Å². The lowest BCUT2D eigenvalue weighted by molar-refractivity contribution is 0.478. The molecule has 13 heavy (non-hydrogen) atoms. The summed E-state index contributed by atoms with van der Waals surface area (Å²) in [5.74, 6) is 0.230. The maximum Gasteiger partial charge on any atom is 0.140 e. The second kappa shape index (κ2) is 2.94. The molecule has 1 heterocycles. The van der Waals surface area contributed by atoms with E-state index in [0.29, 0.717) is 5.69 Å². The number of nitrogens with zero attached hydrogens (tertiary/aromatic N) is 1. The fourth-order valence-corrected chi connectivity index (χ4v) is 1.38. The van der Waals surface area contributed by atoms with Crippen LogP contribution in [0, 0.1) is 0 Å². The van der Waals surface area contributed by atoms with Crippen molar-refractivity contribution in [2.75, 3.05) is 12.4 Å². The van der Waals surface area contributed by atoms with Gasteiger partial charge in [-0.2, -0.15) is 0 Å². The minimum atomic E-state index is 0.230. The molecule has 0 saturated heterocycles. The highest BCUT2D eigenvalue weighted by Gasteiger charge is 2.04. The van der Waals surface area contributed by atoms with Crippen LogP contribution in [0.15, 0.2) is 30.5 Å². The summed E-state index contributed by atoms with van der Waals surface area (Å²) < 4.78 is 0. The summed E-state index contributed by atoms with van der Waals surface area (Å²) in [6, 6.07) is 7.34. The van der Waals surface area contributed by atoms with Gasteiger partial charge in [-0.15, -0.1) is 0 Å². The van der Waals surface area contributed by atoms with Crippen molar-refractivity contribution in [3.8, 4) is 5.75 Å². The lowest BCUT2D eigenvalue weighted by atomic mass is 10.2. The molecule has 1 aromatic carbocycles. The van der Waals surface area contributed by atoms with Gasteiger partial charge in [-0.05, 0) is 18.2 Å². The summed E-state index contributed by atoms with van der Waals surface area (Å²) in [6.45, 7) is 0. The largest absolute Gasteiger partial charge is 0.506 e. The molecule has 66 valence electrons. The average molecular weight is 174 g/mol. The molecule has 0 radical (unpaired) electrons. The van der Waals surface area contributed by atoms with Crippen molar-refractivity contribution in [2.45, 2.75) is 0 Å². The fourth-order valence-electron chi connectivity index (χ4n) is 1.38. The number of aromatic hydroxyl groups is 1. The molecule has 0 spiro atoms. The number of aromatic nitrogens is 1. The molecule has 0 unspecified atom stereocenters. The molecule has 0 aliphatic heterocycles. The van der Waals surface area contributed by atoms with Crippen LogP contribution >= 0.6 is 0 Å². The Bertz CT molecular complexity index is 440. The average Bonchev–Trinajstić information content (AvgIpc) is 2.18. The molecule has 0 bridgehead atoms. The van der Waals surface area contributed by atoms with Gasteiger partial charge in [-0.3, -0.25) is 4.98 Å². The maximum absolute atomic E-state index is 9.51. The van der Waals surface area contributed by atoms with Crippen LogP contribution in [0.3, 0.4) is 0 Å². The van der Waals surface area contributed by atoms with E-state index in [2.05, 4.69) is 10.3 Å². The van der Waals surface area contributed by atoms with E-state index in [0.717, 1.165) is 10.9 Å². The van der Waals surface area contributed by atoms with Crippen molar-refractivity contribution in [1.82, 2.24) is 4.98 Å². The van der Waals surface area contributed by atoms with Crippen molar-refractivity contribution in [1.29, 1.82) is 0 Å². The van der Waals surface area contributed by atoms with Crippen molar-refractivity contribution in [2.24, 2.45) is 0 Å². The highest BCUT2D eigenvalue weighted by Crippen LogP contribution is 2.29. The molecule has 2 rings (SSSR count). The minimum Gasteiger partial charge on any atom is -0.506 e. The van der Waals surface area contributed by atoms with Crippen molar-refractivity contribution in [3.63, 3.8) is 0 Å². The predicted molar refractivity (Wildman–Crippen MR) is 53.0 cm³/mol. The van der Waals surface area contributed by atoms with Gasteiger partial charge in [0.1, 0.15) is 11.4 Å². The first-order valence-electron chi connectivity index (χ1n) is 4.07. The number of anilines is 1. The first kappa shape index (κ1) is 7.86. The van der Waals surface area contributed by atoms with Gasteiger partial charge in [0.2, 0.25) is 0 Å². The highest BCUT2D eigenvalue weighted by molar-refractivity contribution is 5.93. The molecule has 3 heteroatoms. The van der Waals surface area contributed by atoms with Crippen LogP contribution in [0.2, 0.25) is 0 Å². The second-order valence-electron chi connectivity index (χ2n) is 2.78. The van der Waals surface area contributed by atoms with E-state index < -0.39 is 0 Å². The van der Waals surface area contributed by atoms with E-state index in [4.69, 9.17) is 0 Å². The van der Waals surface area contributed by atoms with Crippen LogP contribution < -0.4 is 5.32 Å². The Balaban J connectivity index is 2.84. The summed E-state index contributed by atoms with van der Waals surface area (Å²) >= 11 is 0. The third-order valence-corrected chi connectivity index (χ3v) is 2.00. The van der Waals surface area contributed by atoms with Crippen molar-refractivity contribution >= 4 is 16.6 Å². The Morgan fingerprint density at radius 2 is 2.15 bits per heavy atom. The van der Waals surface area contributed by atoms with Crippen LogP contribution in [0.1, 0.15) is 0 Å². The van der Waals surface area contributed by atoms with Gasteiger partial charge in [0.15, 0.2) is 0 Å². The molecule has 2 N–H and O–H groups in total. The SMILES string of the molecule is CNc1c(O)ccc2cccnc12. The van der Waals surface area contributed by atoms with Crippen LogP contribution in [0.25, 0.3) is 10.9 Å². The van der Waals surface area contributed by atoms with E-state index in [1.165, 1.54) is 0 Å². The quantitative estimate of drug-likeness (QED) is 0.650. The first-order valence-corrected chi connectivity index (χ1v) is 4.07. The normalized spacial score (nSPS) is 10.2. The second-order valence-corrected chi connectivity index (χ2v) is 2.78. The van der Waals surface area contributed by atoms with Gasteiger partial charge >= 0.3 is 0 Å². The first-order chi connectivity index (χ1) is 6.33. The third kappa shape index (κ3) is 1.18. The number of phenolic OH excluding ortho intramolecular Hbond substituents is 1. The van der Waals surface area contributed by atoms with Gasteiger partial charge in [-0.1, -0.05) is 6.07 Å². The zero-order valence-corrected chi connectivity index (χ0v) is 7.28. The molecule has 0 saturated carbocycles. The maximum atomic E-state index is 9.51. The number of fused-ring (bicyclic) bond motifs is 1. The van der Waals surface area contributed by atoms with Gasteiger partial charge in [0.25, 0.3) is 0 Å². The van der Waals surface area contributed by atoms with Crippen LogP contribution in [0.4, 0.5) is 5.69 Å². The summed E-state index contributed by atoms with van der Waals surface area (Å²) in [6.07, 6.45) is 1.71. The molecular weight excluding hydrogens is 164 g/mol. The van der Waals surface area contributed by atoms with E-state index in [1.54, 1.807) is 19.3 Å². The predicted octanol–water partition coefficient (Wildman–Crippen LogP) is 1.98. The number of benzene rings is 1. The van der Waals surface area contributed by atoms with E-state index in [-0.39, 0.29) is 5.75 Å². The van der Waals surface area contributed by atoms with Gasteiger partial charge in [0, 0.05) is 18.6 Å². The molecule has 1 aromatic heterocycles. The summed E-state index contributed by atoms with van der Waals surface area (Å²) in [5.41, 5.74) is 1.48. The smallest absolute Gasteiger partial charge is 0.140 e. The molecule has 0 aliphatic rings. The molecule has 0 fully saturated rings. The Morgan fingerprint density at radius 1 is 1.31 bits per heavy atom. The van der Waals surface area contributed by atoms with Crippen molar-refractivity contribution in [3.05, 3.63) is 30.5 Å². The monoisotopic (exact) mass is 174 g/mol. The number of phenols is 1. The summed E-state index contributed by atoms with van der Waals surface area (Å²) in [4.78, 5) is 4.19. The van der Waals surface area contributed by atoms with E-state index in [1.807, 2.05) is 18.2 Å². The number of pyridine rings is 1. The van der Waals surface area contributed by atoms with Crippen LogP contribution in [-0.2, 0) is 0 Å². The zero-order chi connectivity index (χ0) is 9.26. The Kier molecular flexibility index (Phi) is 1.77. The third-order valence-electron chi connectivity index (χ3n) is 2.00. The molecule has 2 aromatic rings. The minimum absolute atomic E-state index is 0.230. The Hall–Kier alpha value is -1.77. The van der Waals surface area contributed by atoms with Crippen molar-refractivity contribution < 1.29 is 5.11 Å². The summed E-state index contributed by atoms with van der Waals surface area (Å²) in [7, 11) is 1.77. The lowest BCUT2D eigenvalue weighted by Crippen LogP contribution is -1.91. The van der Waals surface area contributed by atoms with Crippen LogP contribution in [0.5, 0.6) is 5.75 Å². The Morgan fingerprint density at radius 3 is 2.92 bits per heavy atom. The topological polar surface area (TPSA) is 45.1 Å². The van der Waals surface area contributed by atoms with Gasteiger partial charge in [0.05, 0.1) is 5.52 Å². The lowest BCUT2D eigenvalue weighted by Gasteiger charge is -2.06. The molecule has 0 aliphatic carbocycles. The number of hydrogen-bond donors (Lipinski definition) is 2. The van der Waals surface area contributed by atoms with Gasteiger partial charge < -0.3 is 10.4 Å². The van der Waals surface area contributed by atoms with E-state index >= 15 is 0 Å². The Labute approximate surface area is 76.0 Å². The molecule has 0 atom stereocenters. The van der Waals surface area contributed by atoms with Gasteiger partial charge in [-0.25, -0.2) is 0 Å². The highest BCUT2D eigenvalue weighted by atomic mass is 16.3. The van der Waals surface area contributed by atoms with E-state index in [9.17, 15) is 5.11 Å². The summed E-state index contributed by atoms with van der Waals surface area (Å²) in [5, 5.41) is 13.4. The fraction of sp³-hybridized carbons (Fsp3) is 0.100. The number of hydrogen-bond acceptors (Lipinski definition) is 3. The molecule has 0 amide bonds. The molecule has 3 nitrogen and oxygen atoms in total.